The summed E-state index contributed by atoms with van der Waals surface area (Å²) in [5, 5.41) is 14.2. The fourth-order valence-electron chi connectivity index (χ4n) is 3.50. The smallest absolute Gasteiger partial charge is 0.139 e. The minimum absolute atomic E-state index is 0.168. The van der Waals surface area contributed by atoms with Crippen molar-refractivity contribution in [3.05, 3.63) is 105 Å². The van der Waals surface area contributed by atoms with E-state index < -0.39 is 5.41 Å². The minimum atomic E-state index is -0.560. The largest absolute Gasteiger partial charge is 0.409 e. The van der Waals surface area contributed by atoms with E-state index >= 15 is 0 Å². The van der Waals surface area contributed by atoms with Gasteiger partial charge in [0.2, 0.25) is 0 Å². The summed E-state index contributed by atoms with van der Waals surface area (Å²) in [4.78, 5) is 0. The quantitative estimate of drug-likeness (QED) is 0.153. The van der Waals surface area contributed by atoms with Gasteiger partial charge in [-0.1, -0.05) is 76.4 Å². The second-order valence-corrected chi connectivity index (χ2v) is 7.83. The first-order valence-corrected chi connectivity index (χ1v) is 9.83. The fraction of sp³-hybridized carbons (Fsp3) is 0.136. The predicted octanol–water partition coefficient (Wildman–Crippen LogP) is 6.51. The van der Waals surface area contributed by atoms with E-state index in [1.54, 1.807) is 0 Å². The molecule has 144 valence electrons. The topological polar surface area (TPSA) is 58.6 Å². The summed E-state index contributed by atoms with van der Waals surface area (Å²) in [5.74, 6) is 0.168. The average molecular weight is 434 g/mol. The first kappa shape index (κ1) is 20.5. The molecule has 28 heavy (non-hydrogen) atoms. The van der Waals surface area contributed by atoms with E-state index in [4.69, 9.17) is 45.7 Å². The van der Waals surface area contributed by atoms with Gasteiger partial charge in [-0.15, -0.1) is 0 Å². The minimum Gasteiger partial charge on any atom is -0.409 e. The molecule has 3 aromatic rings. The third-order valence-corrected chi connectivity index (χ3v) is 5.65. The maximum absolute atomic E-state index is 9.06. The van der Waals surface area contributed by atoms with Gasteiger partial charge in [0, 0.05) is 26.9 Å². The Bertz CT molecular complexity index is 842. The van der Waals surface area contributed by atoms with Gasteiger partial charge in [-0.3, -0.25) is 0 Å². The molecule has 0 bridgehead atoms. The van der Waals surface area contributed by atoms with Gasteiger partial charge in [0.05, 0.1) is 0 Å². The summed E-state index contributed by atoms with van der Waals surface area (Å²) in [6.07, 6.45) is 0.970. The highest BCUT2D eigenvalue weighted by atomic mass is 35.5. The zero-order chi connectivity index (χ0) is 20.1. The second kappa shape index (κ2) is 8.87. The van der Waals surface area contributed by atoms with Gasteiger partial charge < -0.3 is 10.9 Å². The Morgan fingerprint density at radius 2 is 1.04 bits per heavy atom. The van der Waals surface area contributed by atoms with Crippen LogP contribution in [0.5, 0.6) is 0 Å². The zero-order valence-corrected chi connectivity index (χ0v) is 17.2. The van der Waals surface area contributed by atoms with E-state index in [0.717, 1.165) is 16.7 Å². The predicted molar refractivity (Wildman–Crippen MR) is 117 cm³/mol. The number of amidine groups is 1. The van der Waals surface area contributed by atoms with Gasteiger partial charge in [0.25, 0.3) is 0 Å². The van der Waals surface area contributed by atoms with Crippen LogP contribution in [-0.4, -0.2) is 11.0 Å². The molecule has 6 heteroatoms. The van der Waals surface area contributed by atoms with Crippen LogP contribution in [-0.2, 0) is 5.41 Å². The van der Waals surface area contributed by atoms with Crippen LogP contribution in [0.4, 0.5) is 0 Å². The highest BCUT2D eigenvalue weighted by Gasteiger charge is 2.36. The summed E-state index contributed by atoms with van der Waals surface area (Å²) in [6.45, 7) is 0. The van der Waals surface area contributed by atoms with Crippen LogP contribution < -0.4 is 5.73 Å². The summed E-state index contributed by atoms with van der Waals surface area (Å²) in [7, 11) is 0. The molecule has 0 saturated carbocycles. The van der Waals surface area contributed by atoms with E-state index in [-0.39, 0.29) is 5.84 Å². The third kappa shape index (κ3) is 4.27. The van der Waals surface area contributed by atoms with Crippen LogP contribution in [0.15, 0.2) is 78.0 Å². The number of halogens is 3. The fourth-order valence-corrected chi connectivity index (χ4v) is 3.88. The molecule has 0 aliphatic carbocycles. The Morgan fingerprint density at radius 1 is 0.714 bits per heavy atom. The lowest BCUT2D eigenvalue weighted by molar-refractivity contribution is 0.316. The maximum atomic E-state index is 9.06. The average Bonchev–Trinajstić information content (AvgIpc) is 2.71. The molecule has 0 heterocycles. The van der Waals surface area contributed by atoms with E-state index in [2.05, 4.69) is 5.16 Å². The van der Waals surface area contributed by atoms with Crippen LogP contribution >= 0.6 is 34.8 Å². The number of benzene rings is 3. The molecule has 0 aliphatic rings. The van der Waals surface area contributed by atoms with Crippen molar-refractivity contribution in [2.75, 3.05) is 0 Å². The van der Waals surface area contributed by atoms with Crippen molar-refractivity contribution in [3.8, 4) is 0 Å². The molecule has 3 nitrogen and oxygen atoms in total. The van der Waals surface area contributed by atoms with Gasteiger partial charge in [-0.25, -0.2) is 0 Å². The normalized spacial score (nSPS) is 12.2. The summed E-state index contributed by atoms with van der Waals surface area (Å²) < 4.78 is 0. The van der Waals surface area contributed by atoms with Crippen molar-refractivity contribution in [3.63, 3.8) is 0 Å². The van der Waals surface area contributed by atoms with Crippen molar-refractivity contribution in [2.24, 2.45) is 10.9 Å². The van der Waals surface area contributed by atoms with Crippen molar-refractivity contribution in [1.82, 2.24) is 0 Å². The number of hydrogen-bond acceptors (Lipinski definition) is 2. The number of nitrogens with zero attached hydrogens (tertiary/aromatic N) is 1. The van der Waals surface area contributed by atoms with Gasteiger partial charge in [-0.05, 0) is 59.5 Å². The third-order valence-electron chi connectivity index (χ3n) is 4.90. The Balaban J connectivity index is 2.27. The molecule has 0 radical (unpaired) electrons. The molecule has 0 aromatic heterocycles. The zero-order valence-electron chi connectivity index (χ0n) is 14.9. The van der Waals surface area contributed by atoms with Crippen LogP contribution in [0.3, 0.4) is 0 Å². The number of rotatable bonds is 6. The Kier molecular flexibility index (Phi) is 6.50. The molecule has 0 amide bonds. The highest BCUT2D eigenvalue weighted by molar-refractivity contribution is 6.31. The Morgan fingerprint density at radius 3 is 1.32 bits per heavy atom. The lowest BCUT2D eigenvalue weighted by atomic mass is 9.66. The monoisotopic (exact) mass is 432 g/mol. The van der Waals surface area contributed by atoms with Crippen molar-refractivity contribution >= 4 is 40.6 Å². The van der Waals surface area contributed by atoms with E-state index in [1.807, 2.05) is 72.8 Å². The first-order valence-electron chi connectivity index (χ1n) is 8.70. The van der Waals surface area contributed by atoms with E-state index in [1.165, 1.54) is 0 Å². The number of nitrogens with two attached hydrogens (primary N) is 1. The Hall–Kier alpha value is -2.20. The molecular formula is C22H19Cl3N2O. The molecule has 0 fully saturated rings. The molecule has 3 N–H and O–H groups in total. The van der Waals surface area contributed by atoms with Crippen LogP contribution in [0.1, 0.15) is 29.5 Å². The lowest BCUT2D eigenvalue weighted by Crippen LogP contribution is -2.31. The molecule has 0 unspecified atom stereocenters. The first-order chi connectivity index (χ1) is 13.5. The van der Waals surface area contributed by atoms with E-state index in [9.17, 15) is 0 Å². The molecule has 0 atom stereocenters. The molecule has 0 saturated heterocycles. The van der Waals surface area contributed by atoms with Gasteiger partial charge in [0.15, 0.2) is 0 Å². The van der Waals surface area contributed by atoms with Gasteiger partial charge in [-0.2, -0.15) is 0 Å². The van der Waals surface area contributed by atoms with Crippen LogP contribution in [0.2, 0.25) is 15.1 Å². The summed E-state index contributed by atoms with van der Waals surface area (Å²) in [6, 6.07) is 23.2. The molecule has 0 aliphatic heterocycles. The number of hydrogen-bond donors (Lipinski definition) is 2. The van der Waals surface area contributed by atoms with Crippen molar-refractivity contribution in [2.45, 2.75) is 18.3 Å². The molecule has 3 rings (SSSR count). The van der Waals surface area contributed by atoms with E-state index in [0.29, 0.717) is 27.9 Å². The standard InChI is InChI=1S/C22H19Cl3N2O/c23-18-7-1-15(2-8-18)22(14-13-21(26)27-28,16-3-9-19(24)10-4-16)17-5-11-20(25)12-6-17/h1-12,28H,13-14H2,(H2,26,27). The summed E-state index contributed by atoms with van der Waals surface area (Å²) in [5.41, 5.74) is 8.37. The lowest BCUT2D eigenvalue weighted by Gasteiger charge is -2.36. The number of oxime groups is 1. The second-order valence-electron chi connectivity index (χ2n) is 6.52. The maximum Gasteiger partial charge on any atom is 0.139 e. The Labute approximate surface area is 179 Å². The van der Waals surface area contributed by atoms with Crippen LogP contribution in [0, 0.1) is 0 Å². The van der Waals surface area contributed by atoms with Crippen molar-refractivity contribution < 1.29 is 5.21 Å². The summed E-state index contributed by atoms with van der Waals surface area (Å²) >= 11 is 18.4. The highest BCUT2D eigenvalue weighted by Crippen LogP contribution is 2.44. The molecular weight excluding hydrogens is 415 g/mol. The molecule has 0 spiro atoms. The van der Waals surface area contributed by atoms with Crippen LogP contribution in [0.25, 0.3) is 0 Å². The van der Waals surface area contributed by atoms with Gasteiger partial charge >= 0.3 is 0 Å². The molecule has 3 aromatic carbocycles. The van der Waals surface area contributed by atoms with Crippen molar-refractivity contribution in [1.29, 1.82) is 0 Å². The van der Waals surface area contributed by atoms with Gasteiger partial charge in [0.1, 0.15) is 5.84 Å². The SMILES string of the molecule is NC(CCC(c1ccc(Cl)cc1)(c1ccc(Cl)cc1)c1ccc(Cl)cc1)=NO.